The summed E-state index contributed by atoms with van der Waals surface area (Å²) in [5.41, 5.74) is 6.53. The fraction of sp³-hybridized carbons (Fsp3) is 0.333. The van der Waals surface area contributed by atoms with Crippen molar-refractivity contribution in [1.82, 2.24) is 44.5 Å². The molecule has 0 aromatic carbocycles. The Morgan fingerprint density at radius 3 is 2.94 bits per heavy atom. The van der Waals surface area contributed by atoms with Gasteiger partial charge in [-0.3, -0.25) is 9.48 Å². The third-order valence-corrected chi connectivity index (χ3v) is 7.11. The van der Waals surface area contributed by atoms with E-state index in [2.05, 4.69) is 37.4 Å². The van der Waals surface area contributed by atoms with E-state index in [0.29, 0.717) is 24.4 Å². The predicted octanol–water partition coefficient (Wildman–Crippen LogP) is 2.81. The average Bonchev–Trinajstić information content (AvgIpc) is 3.24. The van der Waals surface area contributed by atoms with Crippen molar-refractivity contribution in [3.63, 3.8) is 0 Å². The number of aromatic nitrogens is 8. The molecule has 0 radical (unpaired) electrons. The lowest BCUT2D eigenvalue weighted by molar-refractivity contribution is 0.0646. The largest absolute Gasteiger partial charge is 0.412 e. The molecule has 7 rings (SSSR count). The molecule has 1 atom stereocenters. The Kier molecular flexibility index (Phi) is 4.23. The van der Waals surface area contributed by atoms with E-state index in [1.165, 1.54) is 18.4 Å². The van der Waals surface area contributed by atoms with Gasteiger partial charge in [0.1, 0.15) is 6.04 Å². The van der Waals surface area contributed by atoms with E-state index >= 15 is 0 Å². The molecule has 35 heavy (non-hydrogen) atoms. The van der Waals surface area contributed by atoms with Crippen LogP contribution < -0.4 is 0 Å². The molecule has 0 bridgehead atoms. The Morgan fingerprint density at radius 2 is 2.14 bits per heavy atom. The second kappa shape index (κ2) is 7.36. The quantitative estimate of drug-likeness (QED) is 0.429. The average molecular weight is 470 g/mol. The van der Waals surface area contributed by atoms with Crippen molar-refractivity contribution in [3.8, 4) is 11.5 Å². The van der Waals surface area contributed by atoms with E-state index in [0.717, 1.165) is 28.3 Å². The van der Waals surface area contributed by atoms with Gasteiger partial charge in [0.05, 0.1) is 35.0 Å². The minimum absolute atomic E-state index is 0.0605. The summed E-state index contributed by atoms with van der Waals surface area (Å²) in [5, 5.41) is 17.3. The maximum Gasteiger partial charge on any atom is 0.312 e. The van der Waals surface area contributed by atoms with Crippen LogP contribution in [-0.2, 0) is 13.5 Å². The van der Waals surface area contributed by atoms with Crippen LogP contribution in [0.1, 0.15) is 63.8 Å². The molecule has 5 aromatic heterocycles. The number of H-pyrrole nitrogens is 1. The van der Waals surface area contributed by atoms with Crippen molar-refractivity contribution in [1.29, 1.82) is 0 Å². The van der Waals surface area contributed by atoms with Crippen LogP contribution >= 0.6 is 0 Å². The van der Waals surface area contributed by atoms with Crippen LogP contribution in [-0.4, -0.2) is 56.9 Å². The van der Waals surface area contributed by atoms with E-state index < -0.39 is 6.04 Å². The molecule has 1 fully saturated rings. The highest BCUT2D eigenvalue weighted by molar-refractivity contribution is 5.90. The van der Waals surface area contributed by atoms with Gasteiger partial charge in [-0.1, -0.05) is 6.07 Å². The summed E-state index contributed by atoms with van der Waals surface area (Å²) in [6.45, 7) is 2.39. The third-order valence-electron chi connectivity index (χ3n) is 7.11. The zero-order chi connectivity index (χ0) is 23.7. The van der Waals surface area contributed by atoms with Crippen LogP contribution in [0.4, 0.5) is 0 Å². The normalized spacial score (nSPS) is 17.8. The minimum Gasteiger partial charge on any atom is -0.412 e. The first kappa shape index (κ1) is 20.1. The number of nitrogens with one attached hydrogen (secondary N) is 1. The summed E-state index contributed by atoms with van der Waals surface area (Å²) in [7, 11) is 1.84. The minimum atomic E-state index is -0.458. The standard InChI is InChI=1S/C24H23N9O2/c1-13-16(11-27-31(13)2)22-28-29-23(35-22)24(34)32-9-7-17-20(26-12-25-17)21(32)18-10-19-15(14-5-6-14)4-3-8-33(19)30-18/h3-4,8,10-12,14,21H,5-7,9H2,1-2H3,(H,25,26)/t21-/m0/s1. The van der Waals surface area contributed by atoms with Gasteiger partial charge in [-0.25, -0.2) is 9.50 Å². The molecule has 1 aliphatic carbocycles. The smallest absolute Gasteiger partial charge is 0.312 e. The van der Waals surface area contributed by atoms with Gasteiger partial charge in [-0.05, 0) is 43.4 Å². The van der Waals surface area contributed by atoms with Crippen molar-refractivity contribution < 1.29 is 9.21 Å². The van der Waals surface area contributed by atoms with Crippen LogP contribution in [0.3, 0.4) is 0 Å². The lowest BCUT2D eigenvalue weighted by atomic mass is 9.99. The number of carbonyl (C=O) groups excluding carboxylic acids is 1. The van der Waals surface area contributed by atoms with Gasteiger partial charge in [0.2, 0.25) is 0 Å². The molecule has 2 aliphatic rings. The van der Waals surface area contributed by atoms with E-state index in [4.69, 9.17) is 9.52 Å². The van der Waals surface area contributed by atoms with Gasteiger partial charge in [0.25, 0.3) is 5.89 Å². The number of pyridine rings is 1. The molecule has 1 amide bonds. The number of fused-ring (bicyclic) bond motifs is 2. The fourth-order valence-electron chi connectivity index (χ4n) is 4.97. The van der Waals surface area contributed by atoms with E-state index in [-0.39, 0.29) is 17.7 Å². The second-order valence-electron chi connectivity index (χ2n) is 9.23. The molecule has 1 saturated carbocycles. The highest BCUT2D eigenvalue weighted by Gasteiger charge is 2.38. The summed E-state index contributed by atoms with van der Waals surface area (Å²) >= 11 is 0. The lowest BCUT2D eigenvalue weighted by Crippen LogP contribution is -2.41. The molecule has 0 spiro atoms. The van der Waals surface area contributed by atoms with Crippen molar-refractivity contribution in [3.05, 3.63) is 71.1 Å². The van der Waals surface area contributed by atoms with Crippen LogP contribution in [0.5, 0.6) is 0 Å². The van der Waals surface area contributed by atoms with Gasteiger partial charge in [0.15, 0.2) is 0 Å². The number of nitrogens with zero attached hydrogens (tertiary/aromatic N) is 8. The van der Waals surface area contributed by atoms with Gasteiger partial charge in [0, 0.05) is 37.6 Å². The molecule has 1 aliphatic heterocycles. The van der Waals surface area contributed by atoms with Crippen LogP contribution in [0, 0.1) is 6.92 Å². The summed E-state index contributed by atoms with van der Waals surface area (Å²) in [6.07, 6.45) is 8.34. The summed E-state index contributed by atoms with van der Waals surface area (Å²) in [4.78, 5) is 23.2. The highest BCUT2D eigenvalue weighted by Crippen LogP contribution is 2.43. The van der Waals surface area contributed by atoms with E-state index in [1.54, 1.807) is 22.1 Å². The first-order valence-electron chi connectivity index (χ1n) is 11.7. The Bertz CT molecular complexity index is 1590. The molecule has 11 heteroatoms. The molecule has 176 valence electrons. The van der Waals surface area contributed by atoms with Gasteiger partial charge in [-0.2, -0.15) is 10.2 Å². The molecule has 5 aromatic rings. The monoisotopic (exact) mass is 469 g/mol. The molecular weight excluding hydrogens is 446 g/mol. The van der Waals surface area contributed by atoms with Crippen LogP contribution in [0.2, 0.25) is 0 Å². The molecule has 11 nitrogen and oxygen atoms in total. The Labute approximate surface area is 199 Å². The molecular formula is C24H23N9O2. The van der Waals surface area contributed by atoms with Gasteiger partial charge in [-0.15, -0.1) is 10.2 Å². The molecule has 1 N–H and O–H groups in total. The first-order valence-corrected chi connectivity index (χ1v) is 11.7. The topological polar surface area (TPSA) is 123 Å². The molecule has 6 heterocycles. The molecule has 0 saturated heterocycles. The number of hydrogen-bond acceptors (Lipinski definition) is 7. The van der Waals surface area contributed by atoms with Crippen molar-refractivity contribution in [2.45, 2.75) is 38.1 Å². The number of aryl methyl sites for hydroxylation is 1. The third kappa shape index (κ3) is 3.11. The Balaban J connectivity index is 1.29. The van der Waals surface area contributed by atoms with E-state index in [1.807, 2.05) is 30.8 Å². The molecule has 0 unspecified atom stereocenters. The summed E-state index contributed by atoms with van der Waals surface area (Å²) in [5.74, 6) is 0.453. The second-order valence-corrected chi connectivity index (χ2v) is 9.23. The highest BCUT2D eigenvalue weighted by atomic mass is 16.4. The number of imidazole rings is 1. The van der Waals surface area contributed by atoms with Gasteiger partial charge < -0.3 is 14.3 Å². The Morgan fingerprint density at radius 1 is 1.26 bits per heavy atom. The van der Waals surface area contributed by atoms with Crippen molar-refractivity contribution >= 4 is 11.4 Å². The Hall–Kier alpha value is -4.28. The van der Waals surface area contributed by atoms with Crippen molar-refractivity contribution in [2.24, 2.45) is 7.05 Å². The predicted molar refractivity (Wildman–Crippen MR) is 124 cm³/mol. The maximum absolute atomic E-state index is 13.7. The zero-order valence-electron chi connectivity index (χ0n) is 19.3. The number of carbonyl (C=O) groups is 1. The number of aromatic amines is 1. The fourth-order valence-corrected chi connectivity index (χ4v) is 4.97. The summed E-state index contributed by atoms with van der Waals surface area (Å²) in [6, 6.07) is 5.82. The number of hydrogen-bond donors (Lipinski definition) is 1. The maximum atomic E-state index is 13.7. The first-order chi connectivity index (χ1) is 17.1. The number of amides is 1. The van der Waals surface area contributed by atoms with Crippen LogP contribution in [0.15, 0.2) is 41.3 Å². The summed E-state index contributed by atoms with van der Waals surface area (Å²) < 4.78 is 9.46. The van der Waals surface area contributed by atoms with E-state index in [9.17, 15) is 4.79 Å². The van der Waals surface area contributed by atoms with Crippen LogP contribution in [0.25, 0.3) is 17.0 Å². The number of rotatable bonds is 4. The van der Waals surface area contributed by atoms with Crippen molar-refractivity contribution in [2.75, 3.05) is 6.54 Å². The lowest BCUT2D eigenvalue weighted by Gasteiger charge is -2.32. The van der Waals surface area contributed by atoms with Gasteiger partial charge >= 0.3 is 11.8 Å². The zero-order valence-corrected chi connectivity index (χ0v) is 19.3. The SMILES string of the molecule is Cc1c(-c2nnc(C(=O)N3CCc4[nH]cnc4[C@@H]3c3cc4c(C5CC5)cccn4n3)o2)cnn1C.